The van der Waals surface area contributed by atoms with Gasteiger partial charge in [0.2, 0.25) is 0 Å². The predicted molar refractivity (Wildman–Crippen MR) is 104 cm³/mol. The molecule has 9 heteroatoms. The summed E-state index contributed by atoms with van der Waals surface area (Å²) in [6, 6.07) is 14.0. The van der Waals surface area contributed by atoms with E-state index in [0.717, 1.165) is 11.3 Å². The molecule has 0 radical (unpaired) electrons. The van der Waals surface area contributed by atoms with E-state index in [1.807, 2.05) is 12.1 Å². The Morgan fingerprint density at radius 2 is 1.89 bits per heavy atom. The average Bonchev–Trinajstić information content (AvgIpc) is 3.06. The summed E-state index contributed by atoms with van der Waals surface area (Å²) in [6.45, 7) is -0.0711. The Bertz CT molecular complexity index is 1170. The van der Waals surface area contributed by atoms with E-state index in [4.69, 9.17) is 10.8 Å². The quantitative estimate of drug-likeness (QED) is 0.429. The number of fused-ring (bicyclic) bond motifs is 1. The van der Waals surface area contributed by atoms with Crippen molar-refractivity contribution in [3.63, 3.8) is 0 Å². The number of aromatic nitrogens is 4. The lowest BCUT2D eigenvalue weighted by Crippen LogP contribution is -2.09. The fraction of sp³-hybridized carbons (Fsp3) is 0.0526. The van der Waals surface area contributed by atoms with E-state index < -0.39 is 6.09 Å². The van der Waals surface area contributed by atoms with Crippen LogP contribution in [0.5, 0.6) is 0 Å². The smallest absolute Gasteiger partial charge is 0.410 e. The molecule has 0 saturated heterocycles. The summed E-state index contributed by atoms with van der Waals surface area (Å²) in [6.07, 6.45) is 0.386. The SMILES string of the molecule is Nc1ncccc1-c1nc2ccc(NC(=O)O)nc2n1-c1ccc(CO)cc1. The van der Waals surface area contributed by atoms with Crippen LogP contribution in [0.2, 0.25) is 0 Å². The maximum atomic E-state index is 11.0. The number of amides is 1. The summed E-state index contributed by atoms with van der Waals surface area (Å²) in [5.41, 5.74) is 9.20. The first-order chi connectivity index (χ1) is 13.6. The Morgan fingerprint density at radius 1 is 1.11 bits per heavy atom. The van der Waals surface area contributed by atoms with Gasteiger partial charge in [0.05, 0.1) is 12.2 Å². The topological polar surface area (TPSA) is 139 Å². The molecule has 4 aromatic rings. The monoisotopic (exact) mass is 376 g/mol. The largest absolute Gasteiger partial charge is 0.465 e. The minimum Gasteiger partial charge on any atom is -0.465 e. The van der Waals surface area contributed by atoms with Crippen LogP contribution < -0.4 is 11.1 Å². The van der Waals surface area contributed by atoms with Crippen molar-refractivity contribution in [3.05, 3.63) is 60.3 Å². The molecule has 3 heterocycles. The molecule has 0 aliphatic rings. The zero-order valence-electron chi connectivity index (χ0n) is 14.6. The molecule has 0 bridgehead atoms. The Hall–Kier alpha value is -3.98. The fourth-order valence-corrected chi connectivity index (χ4v) is 2.92. The van der Waals surface area contributed by atoms with Gasteiger partial charge in [-0.25, -0.2) is 19.7 Å². The van der Waals surface area contributed by atoms with Crippen molar-refractivity contribution in [1.29, 1.82) is 0 Å². The summed E-state index contributed by atoms with van der Waals surface area (Å²) in [5.74, 6) is 1.02. The van der Waals surface area contributed by atoms with Crippen LogP contribution in [-0.4, -0.2) is 35.8 Å². The number of hydrogen-bond donors (Lipinski definition) is 4. The highest BCUT2D eigenvalue weighted by atomic mass is 16.4. The molecule has 28 heavy (non-hydrogen) atoms. The number of rotatable bonds is 4. The van der Waals surface area contributed by atoms with Crippen molar-refractivity contribution < 1.29 is 15.0 Å². The van der Waals surface area contributed by atoms with Gasteiger partial charge < -0.3 is 15.9 Å². The van der Waals surface area contributed by atoms with E-state index in [1.165, 1.54) is 0 Å². The van der Waals surface area contributed by atoms with Gasteiger partial charge in [0.25, 0.3) is 0 Å². The third-order valence-electron chi connectivity index (χ3n) is 4.20. The predicted octanol–water partition coefficient (Wildman–Crippen LogP) is 2.65. The molecule has 1 amide bonds. The van der Waals surface area contributed by atoms with Crippen molar-refractivity contribution in [1.82, 2.24) is 19.5 Å². The van der Waals surface area contributed by atoms with Gasteiger partial charge in [-0.15, -0.1) is 0 Å². The number of benzene rings is 1. The summed E-state index contributed by atoms with van der Waals surface area (Å²) >= 11 is 0. The molecule has 140 valence electrons. The van der Waals surface area contributed by atoms with E-state index >= 15 is 0 Å². The van der Waals surface area contributed by atoms with Gasteiger partial charge >= 0.3 is 6.09 Å². The molecule has 9 nitrogen and oxygen atoms in total. The maximum absolute atomic E-state index is 11.0. The number of carbonyl (C=O) groups is 1. The molecule has 0 atom stereocenters. The third-order valence-corrected chi connectivity index (χ3v) is 4.20. The molecule has 0 unspecified atom stereocenters. The zero-order valence-corrected chi connectivity index (χ0v) is 14.6. The third kappa shape index (κ3) is 3.10. The van der Waals surface area contributed by atoms with Crippen molar-refractivity contribution in [2.45, 2.75) is 6.61 Å². The minimum atomic E-state index is -1.21. The van der Waals surface area contributed by atoms with Crippen LogP contribution in [0.1, 0.15) is 5.56 Å². The second-order valence-electron chi connectivity index (χ2n) is 6.00. The summed E-state index contributed by atoms with van der Waals surface area (Å²) in [5, 5.41) is 20.5. The number of nitrogens with two attached hydrogens (primary N) is 1. The van der Waals surface area contributed by atoms with Crippen molar-refractivity contribution in [2.75, 3.05) is 11.1 Å². The molecule has 1 aromatic carbocycles. The van der Waals surface area contributed by atoms with E-state index in [1.54, 1.807) is 47.2 Å². The number of nitrogen functional groups attached to an aromatic ring is 1. The van der Waals surface area contributed by atoms with Gasteiger partial charge in [-0.1, -0.05) is 12.1 Å². The Labute approximate surface area is 159 Å². The summed E-state index contributed by atoms with van der Waals surface area (Å²) in [4.78, 5) is 24.2. The number of imidazole rings is 1. The van der Waals surface area contributed by atoms with Crippen LogP contribution in [0.3, 0.4) is 0 Å². The van der Waals surface area contributed by atoms with Crippen LogP contribution >= 0.6 is 0 Å². The van der Waals surface area contributed by atoms with Crippen LogP contribution in [0.15, 0.2) is 54.7 Å². The number of nitrogens with one attached hydrogen (secondary N) is 1. The number of hydrogen-bond acceptors (Lipinski definition) is 6. The standard InChI is InChI=1S/C19H16N6O3/c20-16-13(2-1-9-21-16)17-22-14-7-8-15(24-19(27)28)23-18(14)25(17)12-5-3-11(10-26)4-6-12/h1-9,26H,10H2,(H2,20,21)(H,23,24)(H,27,28). The second-order valence-corrected chi connectivity index (χ2v) is 6.00. The lowest BCUT2D eigenvalue weighted by Gasteiger charge is -2.11. The minimum absolute atomic E-state index is 0.0711. The summed E-state index contributed by atoms with van der Waals surface area (Å²) in [7, 11) is 0. The summed E-state index contributed by atoms with van der Waals surface area (Å²) < 4.78 is 1.77. The Morgan fingerprint density at radius 3 is 2.57 bits per heavy atom. The Balaban J connectivity index is 1.99. The van der Waals surface area contributed by atoms with Crippen LogP contribution in [0, 0.1) is 0 Å². The number of carboxylic acid groups (broad SMARTS) is 1. The molecule has 0 aliphatic carbocycles. The molecule has 0 spiro atoms. The van der Waals surface area contributed by atoms with E-state index in [9.17, 15) is 9.90 Å². The highest BCUT2D eigenvalue weighted by molar-refractivity contribution is 5.87. The normalized spacial score (nSPS) is 10.9. The molecule has 0 fully saturated rings. The van der Waals surface area contributed by atoms with Crippen LogP contribution in [-0.2, 0) is 6.61 Å². The lowest BCUT2D eigenvalue weighted by atomic mass is 10.2. The average molecular weight is 376 g/mol. The lowest BCUT2D eigenvalue weighted by molar-refractivity contribution is 0.209. The van der Waals surface area contributed by atoms with Gasteiger partial charge in [-0.2, -0.15) is 0 Å². The van der Waals surface area contributed by atoms with Crippen molar-refractivity contribution in [3.8, 4) is 17.1 Å². The highest BCUT2D eigenvalue weighted by Crippen LogP contribution is 2.30. The van der Waals surface area contributed by atoms with E-state index in [2.05, 4.69) is 20.3 Å². The van der Waals surface area contributed by atoms with Crippen molar-refractivity contribution >= 4 is 28.9 Å². The number of pyridine rings is 2. The van der Waals surface area contributed by atoms with Gasteiger partial charge in [0.15, 0.2) is 11.5 Å². The van der Waals surface area contributed by atoms with Crippen LogP contribution in [0.25, 0.3) is 28.2 Å². The fourth-order valence-electron chi connectivity index (χ4n) is 2.92. The molecule has 0 saturated carbocycles. The molecule has 4 rings (SSSR count). The van der Waals surface area contributed by atoms with Gasteiger partial charge in [-0.05, 0) is 42.0 Å². The first kappa shape index (κ1) is 17.4. The number of aliphatic hydroxyl groups excluding tert-OH is 1. The van der Waals surface area contributed by atoms with Gasteiger partial charge in [0.1, 0.15) is 17.2 Å². The number of nitrogens with zero attached hydrogens (tertiary/aromatic N) is 4. The van der Waals surface area contributed by atoms with Gasteiger partial charge in [0, 0.05) is 11.9 Å². The number of anilines is 2. The molecule has 0 aliphatic heterocycles. The molecule has 3 aromatic heterocycles. The van der Waals surface area contributed by atoms with Crippen LogP contribution in [0.4, 0.5) is 16.4 Å². The second kappa shape index (κ2) is 6.97. The van der Waals surface area contributed by atoms with Crippen molar-refractivity contribution in [2.24, 2.45) is 0 Å². The number of aliphatic hydroxyl groups is 1. The van der Waals surface area contributed by atoms with Gasteiger partial charge in [-0.3, -0.25) is 9.88 Å². The maximum Gasteiger partial charge on any atom is 0.410 e. The molecule has 5 N–H and O–H groups in total. The van der Waals surface area contributed by atoms with E-state index in [-0.39, 0.29) is 12.4 Å². The molecular weight excluding hydrogens is 360 g/mol. The molecular formula is C19H16N6O3. The first-order valence-corrected chi connectivity index (χ1v) is 8.37. The zero-order chi connectivity index (χ0) is 19.7. The highest BCUT2D eigenvalue weighted by Gasteiger charge is 2.18. The Kier molecular flexibility index (Phi) is 4.34. The van der Waals surface area contributed by atoms with E-state index in [0.29, 0.717) is 28.4 Å². The first-order valence-electron chi connectivity index (χ1n) is 8.37.